The minimum absolute atomic E-state index is 0.231. The Kier molecular flexibility index (Phi) is 2.83. The van der Waals surface area contributed by atoms with Gasteiger partial charge in [-0.2, -0.15) is 0 Å². The van der Waals surface area contributed by atoms with Gasteiger partial charge < -0.3 is 9.67 Å². The lowest BCUT2D eigenvalue weighted by molar-refractivity contribution is 0.141. The van der Waals surface area contributed by atoms with Crippen molar-refractivity contribution in [2.45, 2.75) is 31.9 Å². The molecule has 1 aliphatic rings. The molecule has 0 bridgehead atoms. The van der Waals surface area contributed by atoms with E-state index in [2.05, 4.69) is 14.8 Å². The van der Waals surface area contributed by atoms with Gasteiger partial charge in [-0.25, -0.2) is 4.39 Å². The molecule has 0 spiro atoms. The van der Waals surface area contributed by atoms with E-state index in [1.807, 2.05) is 0 Å². The maximum absolute atomic E-state index is 12.8. The molecule has 1 N–H and O–H groups in total. The molecule has 2 heterocycles. The van der Waals surface area contributed by atoms with Crippen LogP contribution in [0, 0.1) is 5.82 Å². The summed E-state index contributed by atoms with van der Waals surface area (Å²) in [5, 5.41) is 17.8. The van der Waals surface area contributed by atoms with Gasteiger partial charge in [0.25, 0.3) is 0 Å². The Hall–Kier alpha value is -1.75. The fraction of sp³-hybridized carbons (Fsp3) is 0.385. The molecule has 0 aliphatic carbocycles. The van der Waals surface area contributed by atoms with Crippen molar-refractivity contribution in [1.82, 2.24) is 14.8 Å². The summed E-state index contributed by atoms with van der Waals surface area (Å²) < 4.78 is 14.9. The summed E-state index contributed by atoms with van der Waals surface area (Å²) >= 11 is 0. The summed E-state index contributed by atoms with van der Waals surface area (Å²) in [5.41, 5.74) is 1.01. The molecule has 0 radical (unpaired) electrons. The topological polar surface area (TPSA) is 50.9 Å². The number of nitrogens with zero attached hydrogens (tertiary/aromatic N) is 3. The second-order valence-electron chi connectivity index (χ2n) is 4.63. The summed E-state index contributed by atoms with van der Waals surface area (Å²) in [6.07, 6.45) is 1.64. The van der Waals surface area contributed by atoms with Gasteiger partial charge in [0.15, 0.2) is 0 Å². The van der Waals surface area contributed by atoms with Crippen molar-refractivity contribution >= 4 is 0 Å². The zero-order valence-corrected chi connectivity index (χ0v) is 9.88. The number of fused-ring (bicyclic) bond motifs is 1. The van der Waals surface area contributed by atoms with Crippen molar-refractivity contribution in [2.75, 3.05) is 0 Å². The zero-order chi connectivity index (χ0) is 12.5. The Labute approximate surface area is 104 Å². The van der Waals surface area contributed by atoms with Crippen molar-refractivity contribution in [2.24, 2.45) is 0 Å². The van der Waals surface area contributed by atoms with E-state index in [0.717, 1.165) is 30.2 Å². The summed E-state index contributed by atoms with van der Waals surface area (Å²) in [6, 6.07) is 6.42. The lowest BCUT2D eigenvalue weighted by atomic mass is 10.1. The predicted octanol–water partition coefficient (Wildman–Crippen LogP) is 1.32. The summed E-state index contributed by atoms with van der Waals surface area (Å²) in [4.78, 5) is 0. The van der Waals surface area contributed by atoms with Crippen LogP contribution < -0.4 is 0 Å². The van der Waals surface area contributed by atoms with E-state index in [0.29, 0.717) is 12.8 Å². The Morgan fingerprint density at radius 3 is 2.83 bits per heavy atom. The molecule has 1 aromatic heterocycles. The molecular weight excluding hydrogens is 233 g/mol. The van der Waals surface area contributed by atoms with Crippen molar-refractivity contribution in [3.8, 4) is 0 Å². The summed E-state index contributed by atoms with van der Waals surface area (Å²) in [7, 11) is 0. The number of aromatic nitrogens is 3. The second-order valence-corrected chi connectivity index (χ2v) is 4.63. The third-order valence-electron chi connectivity index (χ3n) is 3.28. The standard InChI is InChI=1S/C13H14FN3O/c14-10-3-1-9(2-4-10)7-12-15-16-13-8-11(18)5-6-17(12)13/h1-4,11,18H,5-8H2. The van der Waals surface area contributed by atoms with Gasteiger partial charge in [-0.3, -0.25) is 0 Å². The van der Waals surface area contributed by atoms with Crippen LogP contribution >= 0.6 is 0 Å². The molecule has 1 aromatic carbocycles. The molecule has 4 nitrogen and oxygen atoms in total. The SMILES string of the molecule is OC1CCn2c(Cc3ccc(F)cc3)nnc2C1. The lowest BCUT2D eigenvalue weighted by Crippen LogP contribution is -2.24. The number of aliphatic hydroxyl groups is 1. The fourth-order valence-electron chi connectivity index (χ4n) is 2.29. The van der Waals surface area contributed by atoms with Crippen LogP contribution in [0.2, 0.25) is 0 Å². The van der Waals surface area contributed by atoms with Gasteiger partial charge in [-0.05, 0) is 24.1 Å². The summed E-state index contributed by atoms with van der Waals surface area (Å²) in [5.74, 6) is 1.49. The molecule has 18 heavy (non-hydrogen) atoms. The van der Waals surface area contributed by atoms with Gasteiger partial charge in [-0.1, -0.05) is 12.1 Å². The molecule has 94 valence electrons. The van der Waals surface area contributed by atoms with E-state index in [1.54, 1.807) is 12.1 Å². The highest BCUT2D eigenvalue weighted by atomic mass is 19.1. The molecule has 1 aliphatic heterocycles. The zero-order valence-electron chi connectivity index (χ0n) is 9.88. The molecule has 0 fully saturated rings. The van der Waals surface area contributed by atoms with Gasteiger partial charge in [0, 0.05) is 19.4 Å². The summed E-state index contributed by atoms with van der Waals surface area (Å²) in [6.45, 7) is 0.750. The molecule has 0 saturated heterocycles. The Morgan fingerprint density at radius 2 is 2.06 bits per heavy atom. The van der Waals surface area contributed by atoms with Crippen LogP contribution in [0.25, 0.3) is 0 Å². The minimum atomic E-state index is -0.305. The highest BCUT2D eigenvalue weighted by molar-refractivity contribution is 5.20. The predicted molar refractivity (Wildman–Crippen MR) is 63.6 cm³/mol. The number of hydrogen-bond acceptors (Lipinski definition) is 3. The number of halogens is 1. The van der Waals surface area contributed by atoms with Crippen molar-refractivity contribution in [1.29, 1.82) is 0 Å². The van der Waals surface area contributed by atoms with Crippen LogP contribution in [0.15, 0.2) is 24.3 Å². The Balaban J connectivity index is 1.83. The van der Waals surface area contributed by atoms with E-state index in [9.17, 15) is 9.50 Å². The van der Waals surface area contributed by atoms with E-state index >= 15 is 0 Å². The van der Waals surface area contributed by atoms with Crippen molar-refractivity contribution in [3.05, 3.63) is 47.3 Å². The highest BCUT2D eigenvalue weighted by Gasteiger charge is 2.21. The quantitative estimate of drug-likeness (QED) is 0.870. The fourth-order valence-corrected chi connectivity index (χ4v) is 2.29. The second kappa shape index (κ2) is 4.49. The van der Waals surface area contributed by atoms with E-state index in [-0.39, 0.29) is 11.9 Å². The normalized spacial score (nSPS) is 18.7. The maximum atomic E-state index is 12.8. The Bertz CT molecular complexity index is 550. The van der Waals surface area contributed by atoms with Crippen LogP contribution in [0.1, 0.15) is 23.6 Å². The lowest BCUT2D eigenvalue weighted by Gasteiger charge is -2.19. The highest BCUT2D eigenvalue weighted by Crippen LogP contribution is 2.17. The first-order valence-electron chi connectivity index (χ1n) is 6.06. The monoisotopic (exact) mass is 247 g/mol. The van der Waals surface area contributed by atoms with Crippen LogP contribution in [-0.2, 0) is 19.4 Å². The van der Waals surface area contributed by atoms with Gasteiger partial charge in [0.2, 0.25) is 0 Å². The smallest absolute Gasteiger partial charge is 0.137 e. The van der Waals surface area contributed by atoms with Crippen LogP contribution in [0.5, 0.6) is 0 Å². The van der Waals surface area contributed by atoms with Gasteiger partial charge in [0.1, 0.15) is 17.5 Å². The van der Waals surface area contributed by atoms with Crippen molar-refractivity contribution < 1.29 is 9.50 Å². The average molecular weight is 247 g/mol. The van der Waals surface area contributed by atoms with Crippen molar-refractivity contribution in [3.63, 3.8) is 0 Å². The molecular formula is C13H14FN3O. The van der Waals surface area contributed by atoms with E-state index in [4.69, 9.17) is 0 Å². The maximum Gasteiger partial charge on any atom is 0.137 e. The van der Waals surface area contributed by atoms with Crippen LogP contribution in [0.4, 0.5) is 4.39 Å². The molecule has 0 amide bonds. The van der Waals surface area contributed by atoms with Gasteiger partial charge in [-0.15, -0.1) is 10.2 Å². The number of benzene rings is 1. The number of rotatable bonds is 2. The molecule has 5 heteroatoms. The minimum Gasteiger partial charge on any atom is -0.393 e. The molecule has 3 rings (SSSR count). The third kappa shape index (κ3) is 2.13. The van der Waals surface area contributed by atoms with Crippen LogP contribution in [-0.4, -0.2) is 26.0 Å². The molecule has 1 unspecified atom stereocenters. The first-order valence-corrected chi connectivity index (χ1v) is 6.06. The van der Waals surface area contributed by atoms with Gasteiger partial charge >= 0.3 is 0 Å². The first kappa shape index (κ1) is 11.3. The number of hydrogen-bond donors (Lipinski definition) is 1. The average Bonchev–Trinajstić information content (AvgIpc) is 2.74. The number of aliphatic hydroxyl groups excluding tert-OH is 1. The first-order chi connectivity index (χ1) is 8.72. The third-order valence-corrected chi connectivity index (χ3v) is 3.28. The largest absolute Gasteiger partial charge is 0.393 e. The molecule has 1 atom stereocenters. The molecule has 0 saturated carbocycles. The van der Waals surface area contributed by atoms with Gasteiger partial charge in [0.05, 0.1) is 6.10 Å². The molecule has 2 aromatic rings. The van der Waals surface area contributed by atoms with Crippen LogP contribution in [0.3, 0.4) is 0 Å². The van der Waals surface area contributed by atoms with E-state index in [1.165, 1.54) is 12.1 Å². The Morgan fingerprint density at radius 1 is 1.28 bits per heavy atom. The van der Waals surface area contributed by atoms with E-state index < -0.39 is 0 Å².